The van der Waals surface area contributed by atoms with Crippen molar-refractivity contribution in [1.29, 1.82) is 0 Å². The summed E-state index contributed by atoms with van der Waals surface area (Å²) in [7, 11) is 0. The third-order valence-electron chi connectivity index (χ3n) is 5.04. The van der Waals surface area contributed by atoms with Crippen molar-refractivity contribution in [1.82, 2.24) is 10.2 Å². The largest absolute Gasteiger partial charge is 0.379 e. The van der Waals surface area contributed by atoms with Gasteiger partial charge in [0.15, 0.2) is 5.96 Å². The zero-order valence-electron chi connectivity index (χ0n) is 14.4. The lowest BCUT2D eigenvalue weighted by Gasteiger charge is -2.47. The Hall–Kier alpha value is -0.810. The molecule has 2 aliphatic rings. The van der Waals surface area contributed by atoms with Crippen LogP contribution in [0.15, 0.2) is 4.99 Å². The van der Waals surface area contributed by atoms with Gasteiger partial charge in [-0.1, -0.05) is 33.1 Å². The van der Waals surface area contributed by atoms with Crippen molar-refractivity contribution in [2.24, 2.45) is 16.6 Å². The fourth-order valence-corrected chi connectivity index (χ4v) is 3.60. The van der Waals surface area contributed by atoms with E-state index in [9.17, 15) is 0 Å². The fourth-order valence-electron chi connectivity index (χ4n) is 3.60. The van der Waals surface area contributed by atoms with Gasteiger partial charge < -0.3 is 15.8 Å². The molecule has 3 N–H and O–H groups in total. The molecule has 5 nitrogen and oxygen atoms in total. The van der Waals surface area contributed by atoms with E-state index in [0.717, 1.165) is 45.8 Å². The van der Waals surface area contributed by atoms with Crippen LogP contribution in [-0.4, -0.2) is 55.8 Å². The van der Waals surface area contributed by atoms with Crippen LogP contribution in [0.1, 0.15) is 52.4 Å². The number of ether oxygens (including phenoxy) is 1. The van der Waals surface area contributed by atoms with Gasteiger partial charge in [-0.15, -0.1) is 0 Å². The van der Waals surface area contributed by atoms with Crippen molar-refractivity contribution in [3.8, 4) is 0 Å². The number of hydrogen-bond acceptors (Lipinski definition) is 3. The van der Waals surface area contributed by atoms with Crippen molar-refractivity contribution in [3.05, 3.63) is 0 Å². The molecule has 0 aromatic heterocycles. The Kier molecular flexibility index (Phi) is 6.96. The number of rotatable bonds is 6. The minimum Gasteiger partial charge on any atom is -0.379 e. The lowest BCUT2D eigenvalue weighted by Crippen LogP contribution is -2.56. The normalized spacial score (nSPS) is 23.7. The maximum atomic E-state index is 6.06. The average molecular weight is 310 g/mol. The van der Waals surface area contributed by atoms with Gasteiger partial charge in [0.05, 0.1) is 19.8 Å². The van der Waals surface area contributed by atoms with Gasteiger partial charge in [-0.3, -0.25) is 9.89 Å². The second-order valence-electron chi connectivity index (χ2n) is 7.20. The minimum atomic E-state index is 0.215. The maximum absolute atomic E-state index is 6.06. The van der Waals surface area contributed by atoms with Crippen LogP contribution in [-0.2, 0) is 4.74 Å². The molecule has 2 fully saturated rings. The molecule has 0 bridgehead atoms. The van der Waals surface area contributed by atoms with Crippen LogP contribution < -0.4 is 11.1 Å². The third-order valence-corrected chi connectivity index (χ3v) is 5.04. The standard InChI is InChI=1S/C17H34N4O/c1-15(2)6-9-19-16(18)20-14-17(7-4-3-5-8-17)21-10-12-22-13-11-21/h15H,3-14H2,1-2H3,(H3,18,19,20). The first kappa shape index (κ1) is 17.5. The fraction of sp³-hybridized carbons (Fsp3) is 0.941. The summed E-state index contributed by atoms with van der Waals surface area (Å²) in [4.78, 5) is 7.30. The highest BCUT2D eigenvalue weighted by Gasteiger charge is 2.38. The van der Waals surface area contributed by atoms with E-state index in [4.69, 9.17) is 15.5 Å². The van der Waals surface area contributed by atoms with Gasteiger partial charge in [0.1, 0.15) is 0 Å². The SMILES string of the molecule is CC(C)CCNC(N)=NCC1(N2CCOCC2)CCCCC1. The molecule has 0 radical (unpaired) electrons. The highest BCUT2D eigenvalue weighted by Crippen LogP contribution is 2.34. The molecular weight excluding hydrogens is 276 g/mol. The summed E-state index contributed by atoms with van der Waals surface area (Å²) in [5.41, 5.74) is 6.28. The number of morpholine rings is 1. The van der Waals surface area contributed by atoms with Crippen LogP contribution in [0.4, 0.5) is 0 Å². The number of nitrogens with zero attached hydrogens (tertiary/aromatic N) is 2. The molecule has 128 valence electrons. The molecule has 2 rings (SSSR count). The molecule has 0 spiro atoms. The first-order valence-electron chi connectivity index (χ1n) is 8.99. The average Bonchev–Trinajstić information content (AvgIpc) is 2.54. The quantitative estimate of drug-likeness (QED) is 0.581. The molecule has 1 saturated heterocycles. The van der Waals surface area contributed by atoms with Crippen molar-refractivity contribution < 1.29 is 4.74 Å². The topological polar surface area (TPSA) is 62.9 Å². The van der Waals surface area contributed by atoms with Gasteiger partial charge in [-0.2, -0.15) is 0 Å². The Bertz CT molecular complexity index is 345. The van der Waals surface area contributed by atoms with E-state index in [2.05, 4.69) is 24.1 Å². The third kappa shape index (κ3) is 5.13. The maximum Gasteiger partial charge on any atom is 0.188 e. The first-order valence-corrected chi connectivity index (χ1v) is 8.99. The van der Waals surface area contributed by atoms with E-state index in [0.29, 0.717) is 11.9 Å². The van der Waals surface area contributed by atoms with Gasteiger partial charge in [0, 0.05) is 25.2 Å². The van der Waals surface area contributed by atoms with Crippen LogP contribution in [0.2, 0.25) is 0 Å². The Balaban J connectivity index is 1.91. The van der Waals surface area contributed by atoms with Gasteiger partial charge in [0.25, 0.3) is 0 Å². The van der Waals surface area contributed by atoms with E-state index in [1.165, 1.54) is 32.1 Å². The number of nitrogens with two attached hydrogens (primary N) is 1. The number of hydrogen-bond donors (Lipinski definition) is 2. The molecule has 1 aliphatic heterocycles. The zero-order chi connectivity index (χ0) is 15.8. The van der Waals surface area contributed by atoms with Crippen molar-refractivity contribution in [2.45, 2.75) is 57.9 Å². The number of nitrogens with one attached hydrogen (secondary N) is 1. The second-order valence-corrected chi connectivity index (χ2v) is 7.20. The molecule has 0 amide bonds. The Morgan fingerprint density at radius 1 is 1.23 bits per heavy atom. The highest BCUT2D eigenvalue weighted by atomic mass is 16.5. The molecule has 5 heteroatoms. The smallest absolute Gasteiger partial charge is 0.188 e. The number of guanidine groups is 1. The van der Waals surface area contributed by atoms with Crippen LogP contribution in [0.5, 0.6) is 0 Å². The molecule has 1 heterocycles. The van der Waals surface area contributed by atoms with E-state index in [1.807, 2.05) is 0 Å². The summed E-state index contributed by atoms with van der Waals surface area (Å²) in [5.74, 6) is 1.30. The molecule has 0 unspecified atom stereocenters. The number of aliphatic imine (C=N–C) groups is 1. The summed E-state index contributed by atoms with van der Waals surface area (Å²) in [6.07, 6.45) is 7.61. The van der Waals surface area contributed by atoms with Crippen LogP contribution in [0.25, 0.3) is 0 Å². The Morgan fingerprint density at radius 2 is 1.91 bits per heavy atom. The summed E-state index contributed by atoms with van der Waals surface area (Å²) in [5, 5.41) is 3.26. The minimum absolute atomic E-state index is 0.215. The second kappa shape index (κ2) is 8.73. The van der Waals surface area contributed by atoms with Crippen LogP contribution in [0, 0.1) is 5.92 Å². The van der Waals surface area contributed by atoms with E-state index < -0.39 is 0 Å². The molecule has 1 aliphatic carbocycles. The summed E-state index contributed by atoms with van der Waals surface area (Å²) in [6, 6.07) is 0. The predicted octanol–water partition coefficient (Wildman–Crippen LogP) is 1.97. The van der Waals surface area contributed by atoms with E-state index in [-0.39, 0.29) is 5.54 Å². The molecule has 1 saturated carbocycles. The van der Waals surface area contributed by atoms with Crippen molar-refractivity contribution in [3.63, 3.8) is 0 Å². The van der Waals surface area contributed by atoms with Crippen molar-refractivity contribution in [2.75, 3.05) is 39.4 Å². The molecule has 22 heavy (non-hydrogen) atoms. The monoisotopic (exact) mass is 310 g/mol. The van der Waals surface area contributed by atoms with Gasteiger partial charge in [-0.05, 0) is 25.2 Å². The Morgan fingerprint density at radius 3 is 2.55 bits per heavy atom. The van der Waals surface area contributed by atoms with Gasteiger partial charge in [0.2, 0.25) is 0 Å². The summed E-state index contributed by atoms with van der Waals surface area (Å²) in [6.45, 7) is 9.98. The van der Waals surface area contributed by atoms with E-state index >= 15 is 0 Å². The van der Waals surface area contributed by atoms with Gasteiger partial charge in [-0.25, -0.2) is 0 Å². The van der Waals surface area contributed by atoms with Crippen LogP contribution in [0.3, 0.4) is 0 Å². The zero-order valence-corrected chi connectivity index (χ0v) is 14.4. The summed E-state index contributed by atoms with van der Waals surface area (Å²) < 4.78 is 5.52. The van der Waals surface area contributed by atoms with Crippen molar-refractivity contribution >= 4 is 5.96 Å². The lowest BCUT2D eigenvalue weighted by atomic mass is 9.80. The first-order chi connectivity index (χ1) is 10.6. The predicted molar refractivity (Wildman–Crippen MR) is 92.2 cm³/mol. The van der Waals surface area contributed by atoms with E-state index in [1.54, 1.807) is 0 Å². The molecule has 0 aromatic rings. The van der Waals surface area contributed by atoms with Gasteiger partial charge >= 0.3 is 0 Å². The molecular formula is C17H34N4O. The molecule has 0 atom stereocenters. The Labute approximate surface area is 135 Å². The molecule has 0 aromatic carbocycles. The summed E-state index contributed by atoms with van der Waals surface area (Å²) >= 11 is 0. The lowest BCUT2D eigenvalue weighted by molar-refractivity contribution is -0.0333. The van der Waals surface area contributed by atoms with Crippen LogP contribution >= 0.6 is 0 Å². The highest BCUT2D eigenvalue weighted by molar-refractivity contribution is 5.77.